The summed E-state index contributed by atoms with van der Waals surface area (Å²) >= 11 is 0. The van der Waals surface area contributed by atoms with Crippen molar-refractivity contribution in [3.8, 4) is 0 Å². The second-order valence-corrected chi connectivity index (χ2v) is 4.65. The normalized spacial score (nSPS) is 10.6. The predicted molar refractivity (Wildman–Crippen MR) is 81.2 cm³/mol. The van der Waals surface area contributed by atoms with Crippen LogP contribution in [0.15, 0.2) is 36.7 Å². The van der Waals surface area contributed by atoms with Crippen molar-refractivity contribution in [3.63, 3.8) is 0 Å². The van der Waals surface area contributed by atoms with Crippen LogP contribution < -0.4 is 5.32 Å². The first-order valence-electron chi connectivity index (χ1n) is 6.89. The fourth-order valence-corrected chi connectivity index (χ4v) is 2.14. The molecule has 0 saturated heterocycles. The first kappa shape index (κ1) is 14.0. The molecule has 0 aliphatic rings. The molecule has 0 radical (unpaired) electrons. The van der Waals surface area contributed by atoms with Gasteiger partial charge in [-0.1, -0.05) is 12.1 Å². The number of nitrogens with one attached hydrogen (secondary N) is 1. The number of aryl methyl sites for hydroxylation is 1. The quantitative estimate of drug-likeness (QED) is 0.744. The Hall–Kier alpha value is -2.96. The second kappa shape index (κ2) is 5.80. The van der Waals surface area contributed by atoms with Gasteiger partial charge in [-0.25, -0.2) is 9.78 Å². The van der Waals surface area contributed by atoms with Gasteiger partial charge in [-0.05, 0) is 26.0 Å². The Morgan fingerprint density at radius 1 is 1.36 bits per heavy atom. The van der Waals surface area contributed by atoms with E-state index in [9.17, 15) is 4.79 Å². The number of benzene rings is 1. The zero-order valence-corrected chi connectivity index (χ0v) is 12.3. The first-order valence-corrected chi connectivity index (χ1v) is 6.89. The van der Waals surface area contributed by atoms with Crippen molar-refractivity contribution in [3.05, 3.63) is 47.9 Å². The van der Waals surface area contributed by atoms with E-state index in [0.29, 0.717) is 29.5 Å². The molecule has 0 fully saturated rings. The van der Waals surface area contributed by atoms with Gasteiger partial charge in [0, 0.05) is 11.8 Å². The maximum Gasteiger partial charge on any atom is 0.340 e. The van der Waals surface area contributed by atoms with Crippen LogP contribution in [-0.4, -0.2) is 32.2 Å². The van der Waals surface area contributed by atoms with E-state index in [0.717, 1.165) is 5.69 Å². The average Bonchev–Trinajstić information content (AvgIpc) is 2.96. The molecule has 2 heterocycles. The van der Waals surface area contributed by atoms with E-state index in [1.807, 2.05) is 25.1 Å². The highest BCUT2D eigenvalue weighted by Gasteiger charge is 2.13. The number of rotatable bonds is 4. The fourth-order valence-electron chi connectivity index (χ4n) is 2.14. The number of ether oxygens (including phenoxy) is 1. The highest BCUT2D eigenvalue weighted by Crippen LogP contribution is 2.22. The lowest BCUT2D eigenvalue weighted by Crippen LogP contribution is -2.09. The van der Waals surface area contributed by atoms with Gasteiger partial charge in [-0.15, -0.1) is 0 Å². The van der Waals surface area contributed by atoms with Gasteiger partial charge in [0.1, 0.15) is 12.1 Å². The molecule has 1 aromatic carbocycles. The Balaban J connectivity index is 2.02. The molecule has 0 aliphatic carbocycles. The summed E-state index contributed by atoms with van der Waals surface area (Å²) in [4.78, 5) is 20.4. The molecule has 1 N–H and O–H groups in total. The number of carbonyl (C=O) groups excluding carboxylic acids is 1. The second-order valence-electron chi connectivity index (χ2n) is 4.65. The number of carbonyl (C=O) groups is 1. The Morgan fingerprint density at radius 3 is 3.00 bits per heavy atom. The number of fused-ring (bicyclic) bond motifs is 1. The monoisotopic (exact) mass is 297 g/mol. The summed E-state index contributed by atoms with van der Waals surface area (Å²) < 4.78 is 6.65. The molecule has 112 valence electrons. The van der Waals surface area contributed by atoms with Crippen molar-refractivity contribution in [1.29, 1.82) is 0 Å². The van der Waals surface area contributed by atoms with Gasteiger partial charge >= 0.3 is 5.97 Å². The van der Waals surface area contributed by atoms with Crippen LogP contribution in [0.4, 0.5) is 11.5 Å². The van der Waals surface area contributed by atoms with Crippen LogP contribution in [0.25, 0.3) is 5.78 Å². The summed E-state index contributed by atoms with van der Waals surface area (Å²) in [7, 11) is 0. The number of nitrogens with zero attached hydrogens (tertiary/aromatic N) is 4. The fraction of sp³-hybridized carbons (Fsp3) is 0.200. The van der Waals surface area contributed by atoms with E-state index >= 15 is 0 Å². The minimum atomic E-state index is -0.369. The van der Waals surface area contributed by atoms with E-state index in [-0.39, 0.29) is 5.97 Å². The van der Waals surface area contributed by atoms with Crippen molar-refractivity contribution in [2.75, 3.05) is 11.9 Å². The number of hydrogen-bond donors (Lipinski definition) is 1. The molecular weight excluding hydrogens is 282 g/mol. The summed E-state index contributed by atoms with van der Waals surface area (Å²) in [6.45, 7) is 3.98. The SMILES string of the molecule is CCOC(=O)c1ccccc1Nc1cc(C)nc2ncnn12. The highest BCUT2D eigenvalue weighted by atomic mass is 16.5. The summed E-state index contributed by atoms with van der Waals surface area (Å²) in [6.07, 6.45) is 1.43. The summed E-state index contributed by atoms with van der Waals surface area (Å²) in [5.41, 5.74) is 1.91. The standard InChI is InChI=1S/C15H15N5O2/c1-3-22-14(21)11-6-4-5-7-12(11)19-13-8-10(2)18-15-16-9-17-20(13)15/h4-9,19H,3H2,1-2H3. The Morgan fingerprint density at radius 2 is 2.18 bits per heavy atom. The van der Waals surface area contributed by atoms with Crippen molar-refractivity contribution < 1.29 is 9.53 Å². The third-order valence-corrected chi connectivity index (χ3v) is 3.07. The van der Waals surface area contributed by atoms with Gasteiger partial charge < -0.3 is 10.1 Å². The van der Waals surface area contributed by atoms with Crippen LogP contribution in [0.1, 0.15) is 23.0 Å². The molecule has 0 bridgehead atoms. The van der Waals surface area contributed by atoms with Gasteiger partial charge in [-0.2, -0.15) is 14.6 Å². The Kier molecular flexibility index (Phi) is 3.69. The number of aromatic nitrogens is 4. The van der Waals surface area contributed by atoms with Gasteiger partial charge in [0.25, 0.3) is 5.78 Å². The Bertz CT molecular complexity index is 828. The van der Waals surface area contributed by atoms with E-state index in [2.05, 4.69) is 20.4 Å². The summed E-state index contributed by atoms with van der Waals surface area (Å²) in [5.74, 6) is 0.805. The van der Waals surface area contributed by atoms with Crippen LogP contribution in [0.2, 0.25) is 0 Å². The van der Waals surface area contributed by atoms with E-state index in [1.54, 1.807) is 23.6 Å². The number of para-hydroxylation sites is 1. The molecule has 2 aromatic heterocycles. The van der Waals surface area contributed by atoms with Crippen molar-refractivity contribution in [2.45, 2.75) is 13.8 Å². The van der Waals surface area contributed by atoms with E-state index in [1.165, 1.54) is 6.33 Å². The van der Waals surface area contributed by atoms with Gasteiger partial charge in [0.2, 0.25) is 0 Å². The predicted octanol–water partition coefficient (Wildman–Crippen LogP) is 2.35. The molecule has 0 saturated carbocycles. The third-order valence-electron chi connectivity index (χ3n) is 3.07. The molecule has 0 unspecified atom stereocenters. The lowest BCUT2D eigenvalue weighted by molar-refractivity contribution is 0.0527. The van der Waals surface area contributed by atoms with Gasteiger partial charge in [0.05, 0.1) is 17.9 Å². The minimum Gasteiger partial charge on any atom is -0.462 e. The van der Waals surface area contributed by atoms with Gasteiger partial charge in [-0.3, -0.25) is 0 Å². The van der Waals surface area contributed by atoms with Gasteiger partial charge in [0.15, 0.2) is 0 Å². The zero-order valence-electron chi connectivity index (χ0n) is 12.3. The van der Waals surface area contributed by atoms with Crippen molar-refractivity contribution in [2.24, 2.45) is 0 Å². The molecule has 22 heavy (non-hydrogen) atoms. The average molecular weight is 297 g/mol. The molecule has 0 atom stereocenters. The number of hydrogen-bond acceptors (Lipinski definition) is 6. The Labute approximate surface area is 127 Å². The molecule has 7 nitrogen and oxygen atoms in total. The van der Waals surface area contributed by atoms with Crippen LogP contribution in [0.3, 0.4) is 0 Å². The molecule has 0 spiro atoms. The molecular formula is C15H15N5O2. The van der Waals surface area contributed by atoms with Crippen LogP contribution in [-0.2, 0) is 4.74 Å². The lowest BCUT2D eigenvalue weighted by atomic mass is 10.2. The smallest absolute Gasteiger partial charge is 0.340 e. The van der Waals surface area contributed by atoms with E-state index in [4.69, 9.17) is 4.74 Å². The first-order chi connectivity index (χ1) is 10.7. The van der Waals surface area contributed by atoms with Crippen LogP contribution in [0, 0.1) is 6.92 Å². The third kappa shape index (κ3) is 2.60. The minimum absolute atomic E-state index is 0.328. The summed E-state index contributed by atoms with van der Waals surface area (Å²) in [5, 5.41) is 7.33. The van der Waals surface area contributed by atoms with Crippen LogP contribution in [0.5, 0.6) is 0 Å². The largest absolute Gasteiger partial charge is 0.462 e. The van der Waals surface area contributed by atoms with Crippen molar-refractivity contribution >= 4 is 23.3 Å². The molecule has 0 aliphatic heterocycles. The molecule has 0 amide bonds. The molecule has 7 heteroatoms. The topological polar surface area (TPSA) is 81.4 Å². The lowest BCUT2D eigenvalue weighted by Gasteiger charge is -2.12. The highest BCUT2D eigenvalue weighted by molar-refractivity contribution is 5.96. The molecule has 3 aromatic rings. The zero-order chi connectivity index (χ0) is 15.5. The van der Waals surface area contributed by atoms with Crippen molar-refractivity contribution in [1.82, 2.24) is 19.6 Å². The maximum absolute atomic E-state index is 12.0. The maximum atomic E-state index is 12.0. The van der Waals surface area contributed by atoms with Crippen LogP contribution >= 0.6 is 0 Å². The number of esters is 1. The number of anilines is 2. The molecule has 3 rings (SSSR count). The van der Waals surface area contributed by atoms with E-state index < -0.39 is 0 Å². The summed E-state index contributed by atoms with van der Waals surface area (Å²) in [6, 6.07) is 9.00.